The zero-order chi connectivity index (χ0) is 16.2. The summed E-state index contributed by atoms with van der Waals surface area (Å²) < 4.78 is 0. The molecule has 1 aliphatic rings. The Labute approximate surface area is 131 Å². The molecule has 1 unspecified atom stereocenters. The number of hydrogen-bond donors (Lipinski definition) is 3. The highest BCUT2D eigenvalue weighted by atomic mass is 16.3. The number of hydrogen-bond acceptors (Lipinski definition) is 3. The van der Waals surface area contributed by atoms with Crippen LogP contribution in [-0.4, -0.2) is 20.9 Å². The SMILES string of the molecule is CC(C)=CCC1(O)C=C(O)C=C(C=Cc2ccc(O)cc2)C1. The fourth-order valence-corrected chi connectivity index (χ4v) is 2.37. The van der Waals surface area contributed by atoms with Crippen LogP contribution in [-0.2, 0) is 0 Å². The molecule has 3 heteroatoms. The molecule has 22 heavy (non-hydrogen) atoms. The fourth-order valence-electron chi connectivity index (χ4n) is 2.37. The Morgan fingerprint density at radius 2 is 1.82 bits per heavy atom. The summed E-state index contributed by atoms with van der Waals surface area (Å²) in [5, 5.41) is 29.7. The van der Waals surface area contributed by atoms with Crippen LogP contribution in [0.4, 0.5) is 0 Å². The average molecular weight is 298 g/mol. The first kappa shape index (κ1) is 16.1. The molecule has 2 rings (SSSR count). The summed E-state index contributed by atoms with van der Waals surface area (Å²) in [7, 11) is 0. The molecule has 1 atom stereocenters. The van der Waals surface area contributed by atoms with E-state index in [-0.39, 0.29) is 11.5 Å². The van der Waals surface area contributed by atoms with E-state index in [0.29, 0.717) is 12.8 Å². The van der Waals surface area contributed by atoms with Crippen molar-refractivity contribution >= 4 is 6.08 Å². The molecule has 0 aromatic heterocycles. The van der Waals surface area contributed by atoms with Crippen LogP contribution >= 0.6 is 0 Å². The highest BCUT2D eigenvalue weighted by Gasteiger charge is 2.27. The van der Waals surface area contributed by atoms with Crippen molar-refractivity contribution in [3.8, 4) is 5.75 Å². The number of rotatable bonds is 4. The van der Waals surface area contributed by atoms with Crippen molar-refractivity contribution < 1.29 is 15.3 Å². The summed E-state index contributed by atoms with van der Waals surface area (Å²) in [5.41, 5.74) is 1.89. The van der Waals surface area contributed by atoms with Gasteiger partial charge in [0.1, 0.15) is 11.5 Å². The number of phenolic OH excluding ortho intramolecular Hbond substituents is 1. The van der Waals surface area contributed by atoms with Gasteiger partial charge in [-0.25, -0.2) is 0 Å². The first-order chi connectivity index (χ1) is 10.4. The van der Waals surface area contributed by atoms with Gasteiger partial charge in [0.05, 0.1) is 5.60 Å². The van der Waals surface area contributed by atoms with E-state index < -0.39 is 5.60 Å². The lowest BCUT2D eigenvalue weighted by Gasteiger charge is -2.27. The maximum atomic E-state index is 10.6. The highest BCUT2D eigenvalue weighted by Crippen LogP contribution is 2.30. The maximum absolute atomic E-state index is 10.6. The standard InChI is InChI=1S/C19H22O3/c1-14(2)9-10-19(22)12-16(11-18(21)13-19)4-3-15-5-7-17(20)8-6-15/h3-9,11,13,20-22H,10,12H2,1-2H3. The molecule has 1 aliphatic carbocycles. The second-order valence-electron chi connectivity index (χ2n) is 5.98. The second-order valence-corrected chi connectivity index (χ2v) is 5.98. The number of aliphatic hydroxyl groups excluding tert-OH is 1. The summed E-state index contributed by atoms with van der Waals surface area (Å²) in [4.78, 5) is 0. The van der Waals surface area contributed by atoms with E-state index in [1.54, 1.807) is 30.3 Å². The second kappa shape index (κ2) is 6.67. The van der Waals surface area contributed by atoms with Gasteiger partial charge in [0, 0.05) is 6.42 Å². The lowest BCUT2D eigenvalue weighted by molar-refractivity contribution is 0.0894. The van der Waals surface area contributed by atoms with Crippen LogP contribution < -0.4 is 0 Å². The molecular weight excluding hydrogens is 276 g/mol. The minimum atomic E-state index is -1.05. The number of aliphatic hydroxyl groups is 2. The van der Waals surface area contributed by atoms with Gasteiger partial charge in [-0.2, -0.15) is 0 Å². The maximum Gasteiger partial charge on any atom is 0.115 e. The van der Waals surface area contributed by atoms with Crippen molar-refractivity contribution in [2.75, 3.05) is 0 Å². The van der Waals surface area contributed by atoms with Gasteiger partial charge in [0.15, 0.2) is 0 Å². The van der Waals surface area contributed by atoms with Crippen molar-refractivity contribution in [1.82, 2.24) is 0 Å². The van der Waals surface area contributed by atoms with E-state index >= 15 is 0 Å². The molecule has 0 aliphatic heterocycles. The largest absolute Gasteiger partial charge is 0.508 e. The van der Waals surface area contributed by atoms with Crippen molar-refractivity contribution in [2.45, 2.75) is 32.3 Å². The third-order valence-electron chi connectivity index (χ3n) is 3.51. The Bertz CT molecular complexity index is 644. The molecule has 3 nitrogen and oxygen atoms in total. The topological polar surface area (TPSA) is 60.7 Å². The molecule has 3 N–H and O–H groups in total. The van der Waals surface area contributed by atoms with Crippen molar-refractivity contribution in [3.63, 3.8) is 0 Å². The Kier molecular flexibility index (Phi) is 4.88. The van der Waals surface area contributed by atoms with E-state index in [1.165, 1.54) is 6.08 Å². The molecular formula is C19H22O3. The Morgan fingerprint density at radius 1 is 1.14 bits per heavy atom. The normalized spacial score (nSPS) is 21.4. The van der Waals surface area contributed by atoms with Crippen LogP contribution in [0.3, 0.4) is 0 Å². The number of aromatic hydroxyl groups is 1. The minimum absolute atomic E-state index is 0.0845. The van der Waals surface area contributed by atoms with Crippen LogP contribution in [0.5, 0.6) is 5.75 Å². The van der Waals surface area contributed by atoms with E-state index in [9.17, 15) is 15.3 Å². The van der Waals surface area contributed by atoms with Crippen molar-refractivity contribution in [1.29, 1.82) is 0 Å². The van der Waals surface area contributed by atoms with Gasteiger partial charge in [-0.1, -0.05) is 35.9 Å². The van der Waals surface area contributed by atoms with Gasteiger partial charge in [0.25, 0.3) is 0 Å². The zero-order valence-electron chi connectivity index (χ0n) is 13.0. The summed E-state index contributed by atoms with van der Waals surface area (Å²) in [6.45, 7) is 3.97. The Morgan fingerprint density at radius 3 is 2.45 bits per heavy atom. The van der Waals surface area contributed by atoms with Gasteiger partial charge in [-0.05, 0) is 55.7 Å². The fraction of sp³-hybridized carbons (Fsp3) is 0.263. The number of benzene rings is 1. The molecule has 1 aromatic carbocycles. The van der Waals surface area contributed by atoms with Crippen LogP contribution in [0, 0.1) is 0 Å². The predicted molar refractivity (Wildman–Crippen MR) is 89.6 cm³/mol. The van der Waals surface area contributed by atoms with Gasteiger partial charge < -0.3 is 15.3 Å². The van der Waals surface area contributed by atoms with Crippen molar-refractivity contribution in [2.24, 2.45) is 0 Å². The molecule has 0 fully saturated rings. The summed E-state index contributed by atoms with van der Waals surface area (Å²) in [6.07, 6.45) is 9.84. The third-order valence-corrected chi connectivity index (χ3v) is 3.51. The van der Waals surface area contributed by atoms with E-state index in [1.807, 2.05) is 32.1 Å². The first-order valence-electron chi connectivity index (χ1n) is 7.32. The van der Waals surface area contributed by atoms with Crippen LogP contribution in [0.15, 0.2) is 65.5 Å². The number of phenols is 1. The summed E-state index contributed by atoms with van der Waals surface area (Å²) in [5.74, 6) is 0.312. The molecule has 0 bridgehead atoms. The zero-order valence-corrected chi connectivity index (χ0v) is 13.0. The van der Waals surface area contributed by atoms with E-state index in [2.05, 4.69) is 0 Å². The molecule has 0 heterocycles. The quantitative estimate of drug-likeness (QED) is 0.728. The predicted octanol–water partition coefficient (Wildman–Crippen LogP) is 4.26. The molecule has 0 amide bonds. The Balaban J connectivity index is 2.13. The monoisotopic (exact) mass is 298 g/mol. The third kappa shape index (κ3) is 4.64. The average Bonchev–Trinajstić information content (AvgIpc) is 2.44. The molecule has 0 saturated heterocycles. The lowest BCUT2D eigenvalue weighted by atomic mass is 9.85. The van der Waals surface area contributed by atoms with Crippen LogP contribution in [0.1, 0.15) is 32.3 Å². The smallest absolute Gasteiger partial charge is 0.115 e. The van der Waals surface area contributed by atoms with Crippen LogP contribution in [0.25, 0.3) is 6.08 Å². The van der Waals surface area contributed by atoms with Gasteiger partial charge >= 0.3 is 0 Å². The van der Waals surface area contributed by atoms with Crippen LogP contribution in [0.2, 0.25) is 0 Å². The molecule has 0 spiro atoms. The van der Waals surface area contributed by atoms with E-state index in [0.717, 1.165) is 16.7 Å². The molecule has 1 aromatic rings. The first-order valence-corrected chi connectivity index (χ1v) is 7.32. The van der Waals surface area contributed by atoms with Gasteiger partial charge in [-0.15, -0.1) is 0 Å². The van der Waals surface area contributed by atoms with Gasteiger partial charge in [-0.3, -0.25) is 0 Å². The number of allylic oxidation sites excluding steroid dienone is 3. The highest BCUT2D eigenvalue weighted by molar-refractivity contribution is 5.55. The minimum Gasteiger partial charge on any atom is -0.508 e. The van der Waals surface area contributed by atoms with Crippen molar-refractivity contribution in [3.05, 3.63) is 71.0 Å². The molecule has 116 valence electrons. The van der Waals surface area contributed by atoms with Gasteiger partial charge in [0.2, 0.25) is 0 Å². The molecule has 0 saturated carbocycles. The van der Waals surface area contributed by atoms with E-state index in [4.69, 9.17) is 0 Å². The lowest BCUT2D eigenvalue weighted by Crippen LogP contribution is -2.28. The summed E-state index contributed by atoms with van der Waals surface area (Å²) >= 11 is 0. The summed E-state index contributed by atoms with van der Waals surface area (Å²) in [6, 6.07) is 6.86. The molecule has 0 radical (unpaired) electrons. The Hall–Kier alpha value is -2.26.